The maximum Gasteiger partial charge on any atom is 0.353 e. The smallest absolute Gasteiger partial charge is 0.353 e. The maximum absolute atomic E-state index is 14.5. The summed E-state index contributed by atoms with van der Waals surface area (Å²) in [6.07, 6.45) is 8.07. The van der Waals surface area contributed by atoms with Crippen LogP contribution in [0.2, 0.25) is 5.02 Å². The maximum atomic E-state index is 14.5. The predicted octanol–water partition coefficient (Wildman–Crippen LogP) is 5.92. The van der Waals surface area contributed by atoms with Crippen molar-refractivity contribution in [3.8, 4) is 5.75 Å². The van der Waals surface area contributed by atoms with Crippen molar-refractivity contribution < 1.29 is 33.1 Å². The van der Waals surface area contributed by atoms with E-state index in [-0.39, 0.29) is 29.8 Å². The SMILES string of the molecule is COC1C=CCC(C)CS(=O)([NH2+]C(=O)C(O)Cc2ccccc2)=NC(=O)c2ccc3c(c2)N(Cc2ccc(Cl)cc2CCCCO3)CC2CCC21. The highest BCUT2D eigenvalue weighted by Gasteiger charge is 2.38. The van der Waals surface area contributed by atoms with Crippen molar-refractivity contribution >= 4 is 39.0 Å². The lowest BCUT2D eigenvalue weighted by molar-refractivity contribution is -0.415. The van der Waals surface area contributed by atoms with Crippen LogP contribution in [0.15, 0.2) is 83.2 Å². The largest absolute Gasteiger partial charge is 0.491 e. The minimum Gasteiger partial charge on any atom is -0.491 e. The number of quaternary nitrogens is 1. The van der Waals surface area contributed by atoms with E-state index in [4.69, 9.17) is 21.1 Å². The first-order valence-electron chi connectivity index (χ1n) is 18.0. The molecule has 2 bridgehead atoms. The number of carbonyl (C=O) groups is 2. The second-order valence-electron chi connectivity index (χ2n) is 14.2. The van der Waals surface area contributed by atoms with E-state index in [1.165, 1.54) is 11.1 Å². The summed E-state index contributed by atoms with van der Waals surface area (Å²) in [5.41, 5.74) is 4.16. The van der Waals surface area contributed by atoms with Crippen LogP contribution >= 0.6 is 11.6 Å². The molecule has 6 rings (SSSR count). The summed E-state index contributed by atoms with van der Waals surface area (Å²) in [6, 6.07) is 20.5. The summed E-state index contributed by atoms with van der Waals surface area (Å²) in [5, 5.41) is 11.5. The van der Waals surface area contributed by atoms with Crippen LogP contribution in [-0.4, -0.2) is 59.4 Å². The van der Waals surface area contributed by atoms with E-state index in [9.17, 15) is 18.9 Å². The van der Waals surface area contributed by atoms with Gasteiger partial charge in [0.25, 0.3) is 5.91 Å². The molecule has 0 saturated heterocycles. The fourth-order valence-corrected chi connectivity index (χ4v) is 9.69. The predicted molar refractivity (Wildman–Crippen MR) is 200 cm³/mol. The van der Waals surface area contributed by atoms with Gasteiger partial charge in [-0.15, -0.1) is 4.36 Å². The zero-order chi connectivity index (χ0) is 36.0. The number of fused-ring (bicyclic) bond motifs is 3. The quantitative estimate of drug-likeness (QED) is 0.313. The number of carbonyl (C=O) groups excluding carboxylic acids is 2. The van der Waals surface area contributed by atoms with Crippen LogP contribution in [0.3, 0.4) is 0 Å². The van der Waals surface area contributed by atoms with E-state index < -0.39 is 27.8 Å². The van der Waals surface area contributed by atoms with Crippen LogP contribution in [0, 0.1) is 17.8 Å². The third-order valence-corrected chi connectivity index (χ3v) is 12.7. The average Bonchev–Trinajstić information content (AvgIpc) is 3.12. The Labute approximate surface area is 306 Å². The Balaban J connectivity index is 1.41. The lowest BCUT2D eigenvalue weighted by Crippen LogP contribution is -2.93. The molecule has 0 radical (unpaired) electrons. The van der Waals surface area contributed by atoms with Gasteiger partial charge < -0.3 is 19.5 Å². The minimum absolute atomic E-state index is 0.0178. The van der Waals surface area contributed by atoms with E-state index in [1.54, 1.807) is 25.3 Å². The van der Waals surface area contributed by atoms with Crippen molar-refractivity contribution in [1.29, 1.82) is 0 Å². The van der Waals surface area contributed by atoms with Crippen molar-refractivity contribution in [2.45, 2.75) is 70.6 Å². The topological polar surface area (TPSA) is 122 Å². The number of hydrogen-bond acceptors (Lipinski definition) is 7. The Morgan fingerprint density at radius 2 is 1.94 bits per heavy atom. The highest BCUT2D eigenvalue weighted by atomic mass is 35.5. The van der Waals surface area contributed by atoms with Gasteiger partial charge in [0.15, 0.2) is 6.10 Å². The van der Waals surface area contributed by atoms with Crippen LogP contribution in [0.25, 0.3) is 0 Å². The first-order valence-corrected chi connectivity index (χ1v) is 20.1. The Morgan fingerprint density at radius 3 is 2.71 bits per heavy atom. The number of nitrogens with two attached hydrogens (primary N) is 1. The van der Waals surface area contributed by atoms with Crippen LogP contribution in [-0.2, 0) is 38.8 Å². The fraction of sp³-hybridized carbons (Fsp3) is 0.450. The van der Waals surface area contributed by atoms with Gasteiger partial charge in [-0.05, 0) is 103 Å². The number of aryl methyl sites for hydroxylation is 1. The number of ether oxygens (including phenoxy) is 2. The minimum atomic E-state index is -3.52. The summed E-state index contributed by atoms with van der Waals surface area (Å²) in [6.45, 7) is 3.76. The Kier molecular flexibility index (Phi) is 12.3. The van der Waals surface area contributed by atoms with Crippen LogP contribution in [0.5, 0.6) is 5.75 Å². The molecule has 272 valence electrons. The van der Waals surface area contributed by atoms with E-state index >= 15 is 0 Å². The number of aliphatic hydroxyl groups excluding tert-OH is 1. The molecule has 6 atom stereocenters. The van der Waals surface area contributed by atoms with Gasteiger partial charge in [-0.3, -0.25) is 4.79 Å². The summed E-state index contributed by atoms with van der Waals surface area (Å²) in [7, 11) is -1.77. The number of primary amides is 1. The van der Waals surface area contributed by atoms with E-state index in [0.29, 0.717) is 42.2 Å². The number of rotatable bonds is 5. The molecular formula is C40H49ClN3O6S+. The van der Waals surface area contributed by atoms with Gasteiger partial charge in [0.05, 0.1) is 24.2 Å². The fourth-order valence-electron chi connectivity index (χ4n) is 7.41. The average molecular weight is 735 g/mol. The Morgan fingerprint density at radius 1 is 1.12 bits per heavy atom. The summed E-state index contributed by atoms with van der Waals surface area (Å²) >= 11 is 6.46. The zero-order valence-corrected chi connectivity index (χ0v) is 31.0. The molecule has 9 nitrogen and oxygen atoms in total. The molecule has 2 heterocycles. The molecule has 3 aliphatic rings. The second kappa shape index (κ2) is 16.9. The summed E-state index contributed by atoms with van der Waals surface area (Å²) in [4.78, 5) is 29.6. The van der Waals surface area contributed by atoms with E-state index in [1.807, 2.05) is 43.3 Å². The molecule has 0 aromatic heterocycles. The number of benzene rings is 3. The number of methoxy groups -OCH3 is 1. The first-order chi connectivity index (χ1) is 24.6. The van der Waals surface area contributed by atoms with Crippen molar-refractivity contribution in [2.75, 3.05) is 30.9 Å². The standard InChI is InChI=1S/C40H48ClN3O6S/c1-27-9-8-13-37(49-2)34-18-15-32(34)25-44-24-31-14-17-33(41)22-29(31)12-6-7-20-50-38-19-16-30(23-35(38)44)39(46)42-51(48,26-27)43-40(47)36(45)21-28-10-4-3-5-11-28/h3-5,8,10-11,13-14,16-17,19,22-23,27,32,34,36-37,45H,6-7,9,12,15,18,20-21,24-26H2,1-2H3,(H,42,43,46,47,48)/p+1. The van der Waals surface area contributed by atoms with Crippen molar-refractivity contribution in [1.82, 2.24) is 0 Å². The van der Waals surface area contributed by atoms with Gasteiger partial charge in [-0.1, -0.05) is 67.1 Å². The molecule has 3 aromatic carbocycles. The highest BCUT2D eigenvalue weighted by Crippen LogP contribution is 2.42. The molecule has 2 amide bonds. The number of hydrogen-bond donors (Lipinski definition) is 2. The third kappa shape index (κ3) is 9.47. The number of anilines is 1. The van der Waals surface area contributed by atoms with Crippen molar-refractivity contribution in [3.63, 3.8) is 0 Å². The molecule has 51 heavy (non-hydrogen) atoms. The lowest BCUT2D eigenvalue weighted by atomic mass is 9.70. The molecule has 1 fully saturated rings. The second-order valence-corrected chi connectivity index (χ2v) is 16.8. The molecule has 2 aliphatic heterocycles. The molecule has 1 aliphatic carbocycles. The Hall–Kier alpha value is -3.54. The Bertz CT molecular complexity index is 1860. The number of aliphatic hydroxyl groups is 1. The van der Waals surface area contributed by atoms with Gasteiger partial charge in [0.1, 0.15) is 5.75 Å². The summed E-state index contributed by atoms with van der Waals surface area (Å²) in [5.74, 6) is -0.255. The van der Waals surface area contributed by atoms with Gasteiger partial charge in [0.2, 0.25) is 9.92 Å². The van der Waals surface area contributed by atoms with Crippen molar-refractivity contribution in [3.05, 3.63) is 106 Å². The molecule has 11 heteroatoms. The van der Waals surface area contributed by atoms with Crippen molar-refractivity contribution in [2.24, 2.45) is 22.1 Å². The van der Waals surface area contributed by atoms with Gasteiger partial charge in [0, 0.05) is 37.2 Å². The summed E-state index contributed by atoms with van der Waals surface area (Å²) < 4.78 is 32.2. The normalized spacial score (nSPS) is 26.3. The monoisotopic (exact) mass is 734 g/mol. The molecule has 3 N–H and O–H groups in total. The number of nitrogens with zero attached hydrogens (tertiary/aromatic N) is 2. The van der Waals surface area contributed by atoms with Gasteiger partial charge in [-0.2, -0.15) is 8.93 Å². The van der Waals surface area contributed by atoms with E-state index in [0.717, 1.165) is 54.6 Å². The van der Waals surface area contributed by atoms with Gasteiger partial charge in [-0.25, -0.2) is 4.79 Å². The number of halogens is 1. The third-order valence-electron chi connectivity index (χ3n) is 10.3. The molecule has 1 saturated carbocycles. The van der Waals surface area contributed by atoms with Crippen LogP contribution in [0.4, 0.5) is 5.69 Å². The molecule has 0 spiro atoms. The lowest BCUT2D eigenvalue weighted by Gasteiger charge is -2.43. The highest BCUT2D eigenvalue weighted by molar-refractivity contribution is 7.87. The van der Waals surface area contributed by atoms with E-state index in [2.05, 4.69) is 33.5 Å². The molecule has 3 aromatic rings. The van der Waals surface area contributed by atoms with Gasteiger partial charge >= 0.3 is 5.91 Å². The zero-order valence-electron chi connectivity index (χ0n) is 29.4. The first kappa shape index (κ1) is 37.2. The number of allylic oxidation sites excluding steroid dienone is 1. The van der Waals surface area contributed by atoms with Crippen LogP contribution in [0.1, 0.15) is 66.1 Å². The number of amides is 2. The van der Waals surface area contributed by atoms with Crippen LogP contribution < -0.4 is 14.4 Å². The molecular weight excluding hydrogens is 686 g/mol. The molecule has 6 unspecified atom stereocenters.